The number of carboxylic acid groups (broad SMARTS) is 2. The number of hydrogen-bond donors (Lipinski definition) is 6. The van der Waals surface area contributed by atoms with Crippen molar-refractivity contribution in [3.8, 4) is 0 Å². The van der Waals surface area contributed by atoms with Crippen molar-refractivity contribution < 1.29 is 29.4 Å². The molecule has 0 spiro atoms. The van der Waals surface area contributed by atoms with Crippen LogP contribution in [0.3, 0.4) is 0 Å². The number of H-pyrrole nitrogens is 1. The minimum Gasteiger partial charge on any atom is -0.481 e. The highest BCUT2D eigenvalue weighted by atomic mass is 16.4. The van der Waals surface area contributed by atoms with E-state index in [0.717, 1.165) is 0 Å². The Kier molecular flexibility index (Phi) is 8.39. The lowest BCUT2D eigenvalue weighted by atomic mass is 10.0. The Balaban J connectivity index is 2.79. The van der Waals surface area contributed by atoms with Crippen LogP contribution in [0.2, 0.25) is 0 Å². The number of amides is 2. The van der Waals surface area contributed by atoms with Crippen molar-refractivity contribution in [1.29, 1.82) is 0 Å². The van der Waals surface area contributed by atoms with Crippen molar-refractivity contribution in [2.75, 3.05) is 0 Å². The molecule has 150 valence electrons. The number of carboxylic acids is 2. The first-order valence-corrected chi connectivity index (χ1v) is 8.40. The van der Waals surface area contributed by atoms with Crippen LogP contribution in [0.1, 0.15) is 32.4 Å². The minimum atomic E-state index is -1.22. The van der Waals surface area contributed by atoms with Crippen molar-refractivity contribution in [3.05, 3.63) is 18.2 Å². The molecule has 0 fully saturated rings. The SMILES string of the molecule is CC(C)C(NC(=O)C(CCC(=O)O)NC(=O)C(N)Cc1cnc[nH]1)C(=O)O. The molecule has 3 atom stereocenters. The smallest absolute Gasteiger partial charge is 0.326 e. The zero-order chi connectivity index (χ0) is 20.6. The number of hydrogen-bond acceptors (Lipinski definition) is 6. The molecule has 27 heavy (non-hydrogen) atoms. The van der Waals surface area contributed by atoms with Crippen molar-refractivity contribution >= 4 is 23.8 Å². The monoisotopic (exact) mass is 383 g/mol. The van der Waals surface area contributed by atoms with E-state index in [9.17, 15) is 24.3 Å². The van der Waals surface area contributed by atoms with Gasteiger partial charge in [0.05, 0.1) is 12.4 Å². The van der Waals surface area contributed by atoms with Crippen LogP contribution in [-0.2, 0) is 25.6 Å². The van der Waals surface area contributed by atoms with Gasteiger partial charge in [-0.05, 0) is 12.3 Å². The van der Waals surface area contributed by atoms with Gasteiger partial charge in [-0.3, -0.25) is 14.4 Å². The van der Waals surface area contributed by atoms with Gasteiger partial charge in [0.25, 0.3) is 0 Å². The van der Waals surface area contributed by atoms with Gasteiger partial charge in [0, 0.05) is 24.7 Å². The third-order valence-corrected chi connectivity index (χ3v) is 3.84. The quantitative estimate of drug-likeness (QED) is 0.276. The van der Waals surface area contributed by atoms with Crippen LogP contribution >= 0.6 is 0 Å². The second-order valence-corrected chi connectivity index (χ2v) is 6.45. The molecule has 0 aliphatic rings. The van der Waals surface area contributed by atoms with E-state index in [1.54, 1.807) is 13.8 Å². The van der Waals surface area contributed by atoms with E-state index in [2.05, 4.69) is 20.6 Å². The Morgan fingerprint density at radius 3 is 2.33 bits per heavy atom. The molecule has 1 aromatic heterocycles. The second-order valence-electron chi connectivity index (χ2n) is 6.45. The molecular formula is C16H25N5O6. The second kappa shape index (κ2) is 10.3. The predicted molar refractivity (Wildman–Crippen MR) is 93.5 cm³/mol. The van der Waals surface area contributed by atoms with Crippen LogP contribution in [0.15, 0.2) is 12.5 Å². The third-order valence-electron chi connectivity index (χ3n) is 3.84. The molecule has 0 saturated heterocycles. The van der Waals surface area contributed by atoms with E-state index < -0.39 is 47.8 Å². The van der Waals surface area contributed by atoms with E-state index in [-0.39, 0.29) is 19.3 Å². The van der Waals surface area contributed by atoms with E-state index in [0.29, 0.717) is 5.69 Å². The van der Waals surface area contributed by atoms with Crippen LogP contribution in [0, 0.1) is 5.92 Å². The summed E-state index contributed by atoms with van der Waals surface area (Å²) in [7, 11) is 0. The van der Waals surface area contributed by atoms with Crippen molar-refractivity contribution in [2.45, 2.75) is 51.2 Å². The highest BCUT2D eigenvalue weighted by Gasteiger charge is 2.29. The first kappa shape index (κ1) is 22.1. The number of aromatic nitrogens is 2. The highest BCUT2D eigenvalue weighted by molar-refractivity contribution is 5.92. The number of nitrogens with two attached hydrogens (primary N) is 1. The topological polar surface area (TPSA) is 187 Å². The largest absolute Gasteiger partial charge is 0.481 e. The lowest BCUT2D eigenvalue weighted by Gasteiger charge is -2.24. The molecule has 11 nitrogen and oxygen atoms in total. The Morgan fingerprint density at radius 1 is 1.19 bits per heavy atom. The van der Waals surface area contributed by atoms with E-state index in [1.165, 1.54) is 12.5 Å². The number of rotatable bonds is 11. The standard InChI is InChI=1S/C16H25N5O6/c1-8(2)13(16(26)27)21-15(25)11(3-4-12(22)23)20-14(24)10(17)5-9-6-18-7-19-9/h6-8,10-11,13H,3-5,17H2,1-2H3,(H,18,19)(H,20,24)(H,21,25)(H,22,23)(H,26,27). The molecule has 0 radical (unpaired) electrons. The highest BCUT2D eigenvalue weighted by Crippen LogP contribution is 2.06. The third kappa shape index (κ3) is 7.44. The molecular weight excluding hydrogens is 358 g/mol. The van der Waals surface area contributed by atoms with Gasteiger partial charge in [0.1, 0.15) is 12.1 Å². The van der Waals surface area contributed by atoms with Gasteiger partial charge in [0.15, 0.2) is 0 Å². The van der Waals surface area contributed by atoms with Gasteiger partial charge in [-0.1, -0.05) is 13.8 Å². The molecule has 1 aromatic rings. The summed E-state index contributed by atoms with van der Waals surface area (Å²) >= 11 is 0. The maximum Gasteiger partial charge on any atom is 0.326 e. The Labute approximate surface area is 155 Å². The number of nitrogens with zero attached hydrogens (tertiary/aromatic N) is 1. The zero-order valence-electron chi connectivity index (χ0n) is 15.1. The molecule has 1 heterocycles. The van der Waals surface area contributed by atoms with Crippen LogP contribution < -0.4 is 16.4 Å². The van der Waals surface area contributed by atoms with Gasteiger partial charge in [0.2, 0.25) is 11.8 Å². The number of nitrogens with one attached hydrogen (secondary N) is 3. The molecule has 3 unspecified atom stereocenters. The molecule has 0 aromatic carbocycles. The molecule has 0 bridgehead atoms. The summed E-state index contributed by atoms with van der Waals surface area (Å²) < 4.78 is 0. The molecule has 7 N–H and O–H groups in total. The first-order valence-electron chi connectivity index (χ1n) is 8.40. The van der Waals surface area contributed by atoms with Crippen LogP contribution in [0.5, 0.6) is 0 Å². The van der Waals surface area contributed by atoms with E-state index in [1.807, 2.05) is 0 Å². The van der Waals surface area contributed by atoms with Crippen molar-refractivity contribution in [3.63, 3.8) is 0 Å². The van der Waals surface area contributed by atoms with Crippen molar-refractivity contribution in [1.82, 2.24) is 20.6 Å². The van der Waals surface area contributed by atoms with Gasteiger partial charge < -0.3 is 31.6 Å². The minimum absolute atomic E-state index is 0.142. The average Bonchev–Trinajstić information content (AvgIpc) is 3.07. The number of carbonyl (C=O) groups excluding carboxylic acids is 2. The number of aromatic amines is 1. The number of imidazole rings is 1. The molecule has 0 aliphatic carbocycles. The predicted octanol–water partition coefficient (Wildman–Crippen LogP) is -1.15. The lowest BCUT2D eigenvalue weighted by molar-refractivity contribution is -0.144. The fourth-order valence-corrected chi connectivity index (χ4v) is 2.31. The molecule has 2 amide bonds. The van der Waals surface area contributed by atoms with E-state index >= 15 is 0 Å². The normalized spacial score (nSPS) is 14.2. The average molecular weight is 383 g/mol. The Hall–Kier alpha value is -2.95. The van der Waals surface area contributed by atoms with Gasteiger partial charge in [-0.15, -0.1) is 0 Å². The Bertz CT molecular complexity index is 660. The maximum atomic E-state index is 12.4. The van der Waals surface area contributed by atoms with Crippen molar-refractivity contribution in [2.24, 2.45) is 11.7 Å². The fraction of sp³-hybridized carbons (Fsp3) is 0.562. The van der Waals surface area contributed by atoms with Gasteiger partial charge >= 0.3 is 11.9 Å². The van der Waals surface area contributed by atoms with Crippen LogP contribution in [-0.4, -0.2) is 62.1 Å². The lowest BCUT2D eigenvalue weighted by Crippen LogP contribution is -2.55. The molecule has 0 saturated carbocycles. The molecule has 1 rings (SSSR count). The van der Waals surface area contributed by atoms with E-state index in [4.69, 9.17) is 10.8 Å². The summed E-state index contributed by atoms with van der Waals surface area (Å²) in [4.78, 5) is 53.4. The van der Waals surface area contributed by atoms with Gasteiger partial charge in [-0.2, -0.15) is 0 Å². The molecule has 0 aliphatic heterocycles. The first-order chi connectivity index (χ1) is 12.6. The van der Waals surface area contributed by atoms with Gasteiger partial charge in [-0.25, -0.2) is 9.78 Å². The number of aliphatic carboxylic acids is 2. The zero-order valence-corrected chi connectivity index (χ0v) is 15.1. The Morgan fingerprint density at radius 2 is 1.85 bits per heavy atom. The molecule has 11 heteroatoms. The van der Waals surface area contributed by atoms with Crippen LogP contribution in [0.4, 0.5) is 0 Å². The van der Waals surface area contributed by atoms with Crippen LogP contribution in [0.25, 0.3) is 0 Å². The summed E-state index contributed by atoms with van der Waals surface area (Å²) in [5.74, 6) is -4.21. The summed E-state index contributed by atoms with van der Waals surface area (Å²) in [6.07, 6.45) is 2.49. The fourth-order valence-electron chi connectivity index (χ4n) is 2.31. The summed E-state index contributed by atoms with van der Waals surface area (Å²) in [5, 5.41) is 22.8. The number of carbonyl (C=O) groups is 4. The summed E-state index contributed by atoms with van der Waals surface area (Å²) in [6.45, 7) is 3.23. The maximum absolute atomic E-state index is 12.4. The summed E-state index contributed by atoms with van der Waals surface area (Å²) in [5.41, 5.74) is 6.43. The summed E-state index contributed by atoms with van der Waals surface area (Å²) in [6, 6.07) is -3.38.